The van der Waals surface area contributed by atoms with Crippen molar-refractivity contribution in [3.63, 3.8) is 0 Å². The number of hydrogen-bond donors (Lipinski definition) is 1. The number of nitrogens with one attached hydrogen (secondary N) is 1. The van der Waals surface area contributed by atoms with Gasteiger partial charge in [0, 0.05) is 36.9 Å². The van der Waals surface area contributed by atoms with Crippen molar-refractivity contribution in [2.24, 2.45) is 4.99 Å². The highest BCUT2D eigenvalue weighted by Crippen LogP contribution is 2.37. The van der Waals surface area contributed by atoms with Crippen LogP contribution in [0.25, 0.3) is 0 Å². The second-order valence-corrected chi connectivity index (χ2v) is 15.6. The summed E-state index contributed by atoms with van der Waals surface area (Å²) in [5.41, 5.74) is 8.68. The van der Waals surface area contributed by atoms with Gasteiger partial charge in [0.2, 0.25) is 0 Å². The smallest absolute Gasteiger partial charge is 0.416 e. The zero-order valence-electron chi connectivity index (χ0n) is 34.3. The number of anilines is 1. The van der Waals surface area contributed by atoms with Crippen LogP contribution in [0.3, 0.4) is 0 Å². The van der Waals surface area contributed by atoms with E-state index in [0.717, 1.165) is 74.6 Å². The van der Waals surface area contributed by atoms with Crippen LogP contribution >= 0.6 is 0 Å². The number of ether oxygens (including phenoxy) is 2. The summed E-state index contributed by atoms with van der Waals surface area (Å²) in [6.07, 6.45) is -7.68. The van der Waals surface area contributed by atoms with Gasteiger partial charge in [0.05, 0.1) is 28.6 Å². The van der Waals surface area contributed by atoms with E-state index in [9.17, 15) is 35.9 Å². The number of halogens is 6. The average molecular weight is 865 g/mol. The van der Waals surface area contributed by atoms with Crippen LogP contribution in [0.15, 0.2) is 126 Å². The van der Waals surface area contributed by atoms with Gasteiger partial charge in [-0.05, 0) is 139 Å². The third-order valence-corrected chi connectivity index (χ3v) is 10.8. The van der Waals surface area contributed by atoms with Gasteiger partial charge >= 0.3 is 12.4 Å². The Bertz CT molecular complexity index is 2700. The Morgan fingerprint density at radius 3 is 1.65 bits per heavy atom. The second kappa shape index (κ2) is 18.7. The van der Waals surface area contributed by atoms with Crippen molar-refractivity contribution in [1.29, 1.82) is 0 Å². The maximum atomic E-state index is 13.0. The molecule has 63 heavy (non-hydrogen) atoms. The Morgan fingerprint density at radius 2 is 1.05 bits per heavy atom. The molecular weight excluding hydrogens is 819 g/mol. The predicted molar refractivity (Wildman–Crippen MR) is 234 cm³/mol. The first-order chi connectivity index (χ1) is 29.4. The molecule has 1 unspecified atom stereocenters. The number of ketones is 2. The summed E-state index contributed by atoms with van der Waals surface area (Å²) >= 11 is 0. The van der Waals surface area contributed by atoms with Crippen LogP contribution in [-0.4, -0.2) is 17.3 Å². The minimum atomic E-state index is -4.44. The average Bonchev–Trinajstić information content (AvgIpc) is 3.47. The summed E-state index contributed by atoms with van der Waals surface area (Å²) in [5, 5.41) is 3.47. The molecule has 8 rings (SSSR count). The van der Waals surface area contributed by atoms with Crippen LogP contribution in [-0.2, 0) is 34.8 Å². The molecule has 6 nitrogen and oxygen atoms in total. The number of aryl methyl sites for hydroxylation is 4. The van der Waals surface area contributed by atoms with Crippen molar-refractivity contribution in [2.45, 2.75) is 79.2 Å². The van der Waals surface area contributed by atoms with E-state index in [0.29, 0.717) is 42.0 Å². The van der Waals surface area contributed by atoms with Crippen LogP contribution in [0.4, 0.5) is 37.7 Å². The van der Waals surface area contributed by atoms with Gasteiger partial charge in [-0.25, -0.2) is 0 Å². The van der Waals surface area contributed by atoms with Crippen molar-refractivity contribution in [3.05, 3.63) is 177 Å². The molecule has 0 amide bonds. The number of fused-ring (bicyclic) bond motifs is 2. The summed E-state index contributed by atoms with van der Waals surface area (Å²) < 4.78 is 89.1. The fraction of sp³-hybridized carbons (Fsp3) is 0.235. The molecule has 0 saturated carbocycles. The van der Waals surface area contributed by atoms with Gasteiger partial charge in [0.15, 0.2) is 0 Å². The number of benzene rings is 6. The number of alkyl halides is 6. The Hall–Kier alpha value is -6.69. The zero-order chi connectivity index (χ0) is 44.3. The molecule has 0 radical (unpaired) electrons. The first-order valence-corrected chi connectivity index (χ1v) is 19.9. The number of nitrogens with zero attached hydrogens (tertiary/aromatic N) is 1. The number of carbonyl (C=O) groups is 2. The SMILES string of the molecule is C.Cc1cc2c(cc1C)N=C(c1cccc(Oc3cccc(C(F)(F)F)c3)c1)CC(=O)C2.Cc1cc2c(cc1C)NC(c1cccc(Oc3cccc(C(F)(F)F)c3)c1)CC(=O)C2. The molecule has 0 saturated heterocycles. The lowest BCUT2D eigenvalue weighted by molar-refractivity contribution is -0.138. The standard InChI is InChI=1S/C25H22F3NO2.C25H20F3NO2.CH4/c2*1-15-9-18-11-20(30)14-24(29-23(18)10-16(15)2)17-5-3-7-21(12-17)31-22-8-4-6-19(13-22)25(26,27)28;/h3-10,12-13,24,29H,11,14H2,1-2H3;3-10,12-13H,11,14H2,1-2H3;1H4. The topological polar surface area (TPSA) is 77.0 Å². The molecule has 6 aromatic rings. The summed E-state index contributed by atoms with van der Waals surface area (Å²) in [5.74, 6) is 1.16. The molecule has 6 aromatic carbocycles. The highest BCUT2D eigenvalue weighted by molar-refractivity contribution is 6.13. The normalized spacial score (nSPS) is 14.9. The molecule has 0 aromatic heterocycles. The largest absolute Gasteiger partial charge is 0.457 e. The van der Waals surface area contributed by atoms with E-state index in [2.05, 4.69) is 11.4 Å². The van der Waals surface area contributed by atoms with Crippen molar-refractivity contribution in [3.8, 4) is 23.0 Å². The van der Waals surface area contributed by atoms with E-state index in [1.165, 1.54) is 24.3 Å². The van der Waals surface area contributed by atoms with Gasteiger partial charge < -0.3 is 14.8 Å². The molecule has 326 valence electrons. The molecule has 0 bridgehead atoms. The van der Waals surface area contributed by atoms with Crippen LogP contribution in [0.1, 0.15) is 81.9 Å². The monoisotopic (exact) mass is 864 g/mol. The minimum absolute atomic E-state index is 0. The molecule has 0 fully saturated rings. The Balaban J connectivity index is 0.000000206. The van der Waals surface area contributed by atoms with Crippen molar-refractivity contribution in [2.75, 3.05) is 5.32 Å². The lowest BCUT2D eigenvalue weighted by Gasteiger charge is -2.20. The van der Waals surface area contributed by atoms with Gasteiger partial charge in [-0.15, -0.1) is 0 Å². The van der Waals surface area contributed by atoms with Crippen LogP contribution in [0.5, 0.6) is 23.0 Å². The number of carbonyl (C=O) groups excluding carboxylic acids is 2. The second-order valence-electron chi connectivity index (χ2n) is 15.6. The van der Waals surface area contributed by atoms with Gasteiger partial charge in [-0.1, -0.05) is 56.0 Å². The minimum Gasteiger partial charge on any atom is -0.457 e. The fourth-order valence-electron chi connectivity index (χ4n) is 7.31. The zero-order valence-corrected chi connectivity index (χ0v) is 34.3. The Kier molecular flexibility index (Phi) is 13.6. The molecule has 12 heteroatoms. The quantitative estimate of drug-likeness (QED) is 0.169. The molecular formula is C51H46F6N2O4. The van der Waals surface area contributed by atoms with Crippen LogP contribution < -0.4 is 14.8 Å². The van der Waals surface area contributed by atoms with E-state index < -0.39 is 23.5 Å². The van der Waals surface area contributed by atoms with Crippen molar-refractivity contribution < 1.29 is 45.4 Å². The van der Waals surface area contributed by atoms with Crippen LogP contribution in [0, 0.1) is 27.7 Å². The van der Waals surface area contributed by atoms with Crippen molar-refractivity contribution >= 4 is 28.7 Å². The Morgan fingerprint density at radius 1 is 0.556 bits per heavy atom. The number of Topliss-reactive ketones (excluding diaryl/α,β-unsaturated/α-hetero) is 2. The first-order valence-electron chi connectivity index (χ1n) is 19.9. The van der Waals surface area contributed by atoms with Gasteiger partial charge in [0.25, 0.3) is 0 Å². The summed E-state index contributed by atoms with van der Waals surface area (Å²) in [6, 6.07) is 31.3. The first kappa shape index (κ1) is 45.8. The molecule has 2 aliphatic rings. The third kappa shape index (κ3) is 11.4. The number of hydrogen-bond acceptors (Lipinski definition) is 6. The number of aliphatic imine (C=N–C) groups is 1. The van der Waals surface area contributed by atoms with E-state index in [-0.39, 0.29) is 43.0 Å². The number of rotatable bonds is 6. The maximum Gasteiger partial charge on any atom is 0.416 e. The summed E-state index contributed by atoms with van der Waals surface area (Å²) in [6.45, 7) is 8.06. The molecule has 0 spiro atoms. The summed E-state index contributed by atoms with van der Waals surface area (Å²) in [7, 11) is 0. The van der Waals surface area contributed by atoms with Crippen molar-refractivity contribution in [1.82, 2.24) is 0 Å². The van der Waals surface area contributed by atoms with Gasteiger partial charge in [-0.3, -0.25) is 14.6 Å². The van der Waals surface area contributed by atoms with E-state index in [4.69, 9.17) is 14.5 Å². The molecule has 2 heterocycles. The van der Waals surface area contributed by atoms with Gasteiger partial charge in [-0.2, -0.15) is 26.3 Å². The lowest BCUT2D eigenvalue weighted by atomic mass is 9.99. The van der Waals surface area contributed by atoms with Gasteiger partial charge in [0.1, 0.15) is 34.6 Å². The fourth-order valence-corrected chi connectivity index (χ4v) is 7.31. The summed E-state index contributed by atoms with van der Waals surface area (Å²) in [4.78, 5) is 29.8. The lowest BCUT2D eigenvalue weighted by Crippen LogP contribution is -2.13. The van der Waals surface area contributed by atoms with E-state index >= 15 is 0 Å². The molecule has 1 atom stereocenters. The third-order valence-electron chi connectivity index (χ3n) is 10.8. The highest BCUT2D eigenvalue weighted by Gasteiger charge is 2.32. The molecule has 0 aliphatic carbocycles. The maximum absolute atomic E-state index is 13.0. The van der Waals surface area contributed by atoms with E-state index in [1.54, 1.807) is 36.4 Å². The predicted octanol–water partition coefficient (Wildman–Crippen LogP) is 14.2. The molecule has 1 N–H and O–H groups in total. The Labute approximate surface area is 362 Å². The highest BCUT2D eigenvalue weighted by atomic mass is 19.4. The van der Waals surface area contributed by atoms with Crippen LogP contribution in [0.2, 0.25) is 0 Å². The molecule has 2 aliphatic heterocycles. The van der Waals surface area contributed by atoms with E-state index in [1.807, 2.05) is 58.0 Å².